The molecule has 0 radical (unpaired) electrons. The maximum absolute atomic E-state index is 12.5. The second-order valence-electron chi connectivity index (χ2n) is 8.31. The number of methoxy groups -OCH3 is 1. The van der Waals surface area contributed by atoms with Gasteiger partial charge in [-0.25, -0.2) is 5.43 Å². The number of benzene rings is 4. The molecule has 4 aromatic carbocycles. The summed E-state index contributed by atoms with van der Waals surface area (Å²) in [6, 6.07) is 31.7. The van der Waals surface area contributed by atoms with E-state index in [0.29, 0.717) is 11.7 Å². The topological polar surface area (TPSA) is 93.4 Å². The van der Waals surface area contributed by atoms with Crippen LogP contribution in [0.15, 0.2) is 107 Å². The molecule has 0 spiro atoms. The summed E-state index contributed by atoms with van der Waals surface area (Å²) in [4.78, 5) is 12.5. The van der Waals surface area contributed by atoms with E-state index in [1.165, 1.54) is 17.1 Å². The quantitative estimate of drug-likeness (QED) is 0.147. The van der Waals surface area contributed by atoms with E-state index in [9.17, 15) is 4.79 Å². The SMILES string of the molecule is COc1cccc(C=NNC(=O)CSc2nnc(CNc3cccc4ccccc34)n2-c2ccccc2)c1. The van der Waals surface area contributed by atoms with Crippen LogP contribution in [0.2, 0.25) is 0 Å². The van der Waals surface area contributed by atoms with Crippen molar-refractivity contribution in [3.63, 3.8) is 0 Å². The monoisotopic (exact) mass is 522 g/mol. The molecule has 0 aliphatic carbocycles. The number of nitrogens with zero attached hydrogens (tertiary/aromatic N) is 4. The van der Waals surface area contributed by atoms with Gasteiger partial charge in [-0.05, 0) is 41.3 Å². The lowest BCUT2D eigenvalue weighted by Crippen LogP contribution is -2.20. The van der Waals surface area contributed by atoms with E-state index in [4.69, 9.17) is 4.74 Å². The van der Waals surface area contributed by atoms with Crippen molar-refractivity contribution in [2.75, 3.05) is 18.2 Å². The number of amides is 1. The Morgan fingerprint density at radius 2 is 1.76 bits per heavy atom. The van der Waals surface area contributed by atoms with Crippen LogP contribution >= 0.6 is 11.8 Å². The second kappa shape index (κ2) is 12.1. The zero-order chi connectivity index (χ0) is 26.2. The molecule has 0 aliphatic rings. The van der Waals surface area contributed by atoms with Crippen LogP contribution in [0.1, 0.15) is 11.4 Å². The number of para-hydroxylation sites is 1. The summed E-state index contributed by atoms with van der Waals surface area (Å²) in [6.45, 7) is 0.466. The normalized spacial score (nSPS) is 11.1. The van der Waals surface area contributed by atoms with Crippen molar-refractivity contribution in [3.8, 4) is 11.4 Å². The standard InChI is InChI=1S/C29H26N6O2S/c1-37-24-14-7-9-21(17-24)18-31-33-28(36)20-38-29-34-32-27(35(29)23-12-3-2-4-13-23)19-30-26-16-8-11-22-10-5-6-15-25(22)26/h2-18,30H,19-20H2,1H3,(H,33,36). The van der Waals surface area contributed by atoms with Gasteiger partial charge in [-0.15, -0.1) is 10.2 Å². The summed E-state index contributed by atoms with van der Waals surface area (Å²) in [6.07, 6.45) is 1.58. The molecule has 0 fully saturated rings. The van der Waals surface area contributed by atoms with Gasteiger partial charge in [0.1, 0.15) is 5.75 Å². The Morgan fingerprint density at radius 1 is 0.974 bits per heavy atom. The summed E-state index contributed by atoms with van der Waals surface area (Å²) in [7, 11) is 1.61. The molecule has 190 valence electrons. The van der Waals surface area contributed by atoms with Crippen molar-refractivity contribution in [1.82, 2.24) is 20.2 Å². The van der Waals surface area contributed by atoms with Crippen molar-refractivity contribution >= 4 is 40.3 Å². The molecule has 0 aliphatic heterocycles. The molecule has 8 nitrogen and oxygen atoms in total. The van der Waals surface area contributed by atoms with Crippen molar-refractivity contribution < 1.29 is 9.53 Å². The van der Waals surface area contributed by atoms with Crippen LogP contribution in [0.3, 0.4) is 0 Å². The third-order valence-electron chi connectivity index (χ3n) is 5.77. The first-order chi connectivity index (χ1) is 18.7. The number of carbonyl (C=O) groups is 1. The molecular weight excluding hydrogens is 496 g/mol. The average molecular weight is 523 g/mol. The maximum atomic E-state index is 12.5. The van der Waals surface area contributed by atoms with E-state index in [-0.39, 0.29) is 11.7 Å². The summed E-state index contributed by atoms with van der Waals surface area (Å²) < 4.78 is 7.18. The summed E-state index contributed by atoms with van der Waals surface area (Å²) in [5.41, 5.74) is 5.34. The number of aromatic nitrogens is 3. The van der Waals surface area contributed by atoms with Crippen LogP contribution < -0.4 is 15.5 Å². The number of ether oxygens (including phenoxy) is 1. The number of hydrogen-bond donors (Lipinski definition) is 2. The lowest BCUT2D eigenvalue weighted by molar-refractivity contribution is -0.118. The Balaban J connectivity index is 1.28. The van der Waals surface area contributed by atoms with Crippen LogP contribution in [-0.4, -0.2) is 39.7 Å². The smallest absolute Gasteiger partial charge is 0.250 e. The molecule has 9 heteroatoms. The molecule has 1 amide bonds. The van der Waals surface area contributed by atoms with E-state index < -0.39 is 0 Å². The highest BCUT2D eigenvalue weighted by molar-refractivity contribution is 7.99. The molecule has 1 heterocycles. The Kier molecular flexibility index (Phi) is 7.95. The molecular formula is C29H26N6O2S. The minimum absolute atomic E-state index is 0.136. The van der Waals surface area contributed by atoms with Gasteiger partial charge in [-0.1, -0.05) is 78.5 Å². The van der Waals surface area contributed by atoms with Crippen molar-refractivity contribution in [3.05, 3.63) is 108 Å². The number of rotatable bonds is 10. The lowest BCUT2D eigenvalue weighted by Gasteiger charge is -2.12. The van der Waals surface area contributed by atoms with Gasteiger partial charge in [-0.3, -0.25) is 9.36 Å². The molecule has 5 rings (SSSR count). The zero-order valence-corrected chi connectivity index (χ0v) is 21.6. The zero-order valence-electron chi connectivity index (χ0n) is 20.7. The number of nitrogens with one attached hydrogen (secondary N) is 2. The van der Waals surface area contributed by atoms with E-state index in [1.807, 2.05) is 77.4 Å². The highest BCUT2D eigenvalue weighted by Crippen LogP contribution is 2.25. The van der Waals surface area contributed by atoms with Gasteiger partial charge in [0.15, 0.2) is 11.0 Å². The van der Waals surface area contributed by atoms with Gasteiger partial charge >= 0.3 is 0 Å². The van der Waals surface area contributed by atoms with E-state index in [0.717, 1.165) is 33.9 Å². The van der Waals surface area contributed by atoms with E-state index in [1.54, 1.807) is 13.3 Å². The average Bonchev–Trinajstić information content (AvgIpc) is 3.38. The van der Waals surface area contributed by atoms with Gasteiger partial charge in [-0.2, -0.15) is 5.10 Å². The lowest BCUT2D eigenvalue weighted by atomic mass is 10.1. The molecule has 1 aromatic heterocycles. The molecule has 0 saturated carbocycles. The molecule has 0 atom stereocenters. The summed E-state index contributed by atoms with van der Waals surface area (Å²) in [5, 5.41) is 19.3. The van der Waals surface area contributed by atoms with Crippen LogP contribution in [0.4, 0.5) is 5.69 Å². The van der Waals surface area contributed by atoms with Crippen LogP contribution in [0, 0.1) is 0 Å². The Morgan fingerprint density at radius 3 is 2.63 bits per heavy atom. The molecule has 0 unspecified atom stereocenters. The van der Waals surface area contributed by atoms with Crippen LogP contribution in [0.25, 0.3) is 16.5 Å². The largest absolute Gasteiger partial charge is 0.497 e. The number of fused-ring (bicyclic) bond motifs is 1. The first-order valence-corrected chi connectivity index (χ1v) is 13.0. The van der Waals surface area contributed by atoms with E-state index in [2.05, 4.69) is 50.3 Å². The molecule has 2 N–H and O–H groups in total. The second-order valence-corrected chi connectivity index (χ2v) is 9.25. The molecule has 0 saturated heterocycles. The Hall–Kier alpha value is -4.63. The number of hydrazone groups is 1. The Bertz CT molecular complexity index is 1560. The number of carbonyl (C=O) groups excluding carboxylic acids is 1. The fourth-order valence-corrected chi connectivity index (χ4v) is 4.72. The molecule has 0 bridgehead atoms. The summed E-state index contributed by atoms with van der Waals surface area (Å²) in [5.74, 6) is 1.36. The predicted molar refractivity (Wildman–Crippen MR) is 152 cm³/mol. The number of thioether (sulfide) groups is 1. The first kappa shape index (κ1) is 25.0. The summed E-state index contributed by atoms with van der Waals surface area (Å²) >= 11 is 1.30. The fourth-order valence-electron chi connectivity index (χ4n) is 3.96. The van der Waals surface area contributed by atoms with Gasteiger partial charge in [0.05, 0.1) is 25.6 Å². The maximum Gasteiger partial charge on any atom is 0.250 e. The number of anilines is 1. The third kappa shape index (κ3) is 6.01. The van der Waals surface area contributed by atoms with Gasteiger partial charge in [0, 0.05) is 16.8 Å². The molecule has 38 heavy (non-hydrogen) atoms. The minimum Gasteiger partial charge on any atom is -0.497 e. The van der Waals surface area contributed by atoms with Gasteiger partial charge in [0.25, 0.3) is 5.91 Å². The van der Waals surface area contributed by atoms with Crippen LogP contribution in [-0.2, 0) is 11.3 Å². The van der Waals surface area contributed by atoms with Crippen molar-refractivity contribution in [1.29, 1.82) is 0 Å². The fraction of sp³-hybridized carbons (Fsp3) is 0.103. The highest BCUT2D eigenvalue weighted by Gasteiger charge is 2.16. The van der Waals surface area contributed by atoms with Crippen molar-refractivity contribution in [2.24, 2.45) is 5.10 Å². The van der Waals surface area contributed by atoms with Gasteiger partial charge in [0.2, 0.25) is 0 Å². The van der Waals surface area contributed by atoms with Crippen molar-refractivity contribution in [2.45, 2.75) is 11.7 Å². The third-order valence-corrected chi connectivity index (χ3v) is 6.70. The minimum atomic E-state index is -0.243. The number of hydrogen-bond acceptors (Lipinski definition) is 7. The Labute approximate surface area is 224 Å². The van der Waals surface area contributed by atoms with Gasteiger partial charge < -0.3 is 10.1 Å². The van der Waals surface area contributed by atoms with Crippen LogP contribution in [0.5, 0.6) is 5.75 Å². The molecule has 5 aromatic rings. The first-order valence-electron chi connectivity index (χ1n) is 12.0. The highest BCUT2D eigenvalue weighted by atomic mass is 32.2. The predicted octanol–water partition coefficient (Wildman–Crippen LogP) is 5.28. The van der Waals surface area contributed by atoms with E-state index >= 15 is 0 Å².